The third kappa shape index (κ3) is 3.71. The van der Waals surface area contributed by atoms with Crippen LogP contribution in [0.3, 0.4) is 0 Å². The third-order valence-corrected chi connectivity index (χ3v) is 6.20. The van der Waals surface area contributed by atoms with Crippen molar-refractivity contribution < 1.29 is 9.59 Å². The molecular formula is C19H22N4O3S. The maximum Gasteiger partial charge on any atom is 0.262 e. The topological polar surface area (TPSA) is 98.3 Å². The van der Waals surface area contributed by atoms with Crippen molar-refractivity contribution in [1.82, 2.24) is 14.5 Å². The van der Waals surface area contributed by atoms with Crippen molar-refractivity contribution in [2.45, 2.75) is 36.9 Å². The number of para-hydroxylation sites is 1. The van der Waals surface area contributed by atoms with E-state index in [0.29, 0.717) is 42.0 Å². The first-order valence-electron chi connectivity index (χ1n) is 9.26. The van der Waals surface area contributed by atoms with Crippen LogP contribution in [0.4, 0.5) is 0 Å². The molecule has 0 spiro atoms. The highest BCUT2D eigenvalue weighted by Crippen LogP contribution is 2.36. The van der Waals surface area contributed by atoms with E-state index < -0.39 is 0 Å². The van der Waals surface area contributed by atoms with Gasteiger partial charge in [0.2, 0.25) is 11.8 Å². The van der Waals surface area contributed by atoms with Gasteiger partial charge in [0.25, 0.3) is 5.56 Å². The Balaban J connectivity index is 1.49. The molecule has 0 radical (unpaired) electrons. The van der Waals surface area contributed by atoms with Gasteiger partial charge >= 0.3 is 0 Å². The quantitative estimate of drug-likeness (QED) is 0.621. The molecule has 27 heavy (non-hydrogen) atoms. The Bertz CT molecular complexity index is 946. The molecule has 7 nitrogen and oxygen atoms in total. The summed E-state index contributed by atoms with van der Waals surface area (Å²) in [5, 5.41) is 1.23. The van der Waals surface area contributed by atoms with Gasteiger partial charge in [-0.2, -0.15) is 0 Å². The van der Waals surface area contributed by atoms with Gasteiger partial charge in [0, 0.05) is 25.0 Å². The number of rotatable bonds is 5. The molecule has 4 rings (SSSR count). The number of benzene rings is 1. The third-order valence-electron chi connectivity index (χ3n) is 5.26. The van der Waals surface area contributed by atoms with E-state index in [2.05, 4.69) is 4.98 Å². The number of primary amides is 1. The van der Waals surface area contributed by atoms with Crippen LogP contribution in [0.15, 0.2) is 34.2 Å². The smallest absolute Gasteiger partial charge is 0.262 e. The van der Waals surface area contributed by atoms with E-state index in [9.17, 15) is 14.4 Å². The summed E-state index contributed by atoms with van der Waals surface area (Å²) in [4.78, 5) is 43.1. The molecule has 2 fully saturated rings. The molecule has 1 aromatic carbocycles. The number of hydrogen-bond acceptors (Lipinski definition) is 5. The van der Waals surface area contributed by atoms with Gasteiger partial charge in [0.1, 0.15) is 0 Å². The van der Waals surface area contributed by atoms with E-state index >= 15 is 0 Å². The lowest BCUT2D eigenvalue weighted by Gasteiger charge is -2.30. The summed E-state index contributed by atoms with van der Waals surface area (Å²) < 4.78 is 1.75. The Hall–Kier alpha value is -2.35. The maximum atomic E-state index is 12.8. The predicted octanol–water partition coefficient (Wildman–Crippen LogP) is 1.55. The van der Waals surface area contributed by atoms with Crippen LogP contribution in [-0.4, -0.2) is 45.1 Å². The molecule has 0 atom stereocenters. The van der Waals surface area contributed by atoms with Crippen LogP contribution in [0.25, 0.3) is 10.9 Å². The highest BCUT2D eigenvalue weighted by molar-refractivity contribution is 7.99. The summed E-state index contributed by atoms with van der Waals surface area (Å²) >= 11 is 1.32. The fourth-order valence-corrected chi connectivity index (χ4v) is 4.48. The lowest BCUT2D eigenvalue weighted by molar-refractivity contribution is -0.132. The Morgan fingerprint density at radius 1 is 1.15 bits per heavy atom. The van der Waals surface area contributed by atoms with E-state index in [1.165, 1.54) is 11.8 Å². The second-order valence-electron chi connectivity index (χ2n) is 7.16. The predicted molar refractivity (Wildman–Crippen MR) is 103 cm³/mol. The van der Waals surface area contributed by atoms with Crippen molar-refractivity contribution in [3.8, 4) is 0 Å². The van der Waals surface area contributed by atoms with Crippen molar-refractivity contribution in [3.63, 3.8) is 0 Å². The number of piperidine rings is 1. The summed E-state index contributed by atoms with van der Waals surface area (Å²) in [6.45, 7) is 1.10. The molecule has 2 aromatic rings. The number of fused-ring (bicyclic) bond motifs is 1. The number of aromatic nitrogens is 2. The normalized spacial score (nSPS) is 18.0. The van der Waals surface area contributed by atoms with E-state index in [1.807, 2.05) is 18.2 Å². The molecule has 2 aliphatic rings. The van der Waals surface area contributed by atoms with Gasteiger partial charge in [-0.1, -0.05) is 23.9 Å². The van der Waals surface area contributed by atoms with Gasteiger partial charge in [-0.05, 0) is 37.8 Å². The fourth-order valence-electron chi connectivity index (χ4n) is 3.51. The van der Waals surface area contributed by atoms with Crippen molar-refractivity contribution in [1.29, 1.82) is 0 Å². The average Bonchev–Trinajstić information content (AvgIpc) is 3.51. The van der Waals surface area contributed by atoms with Crippen molar-refractivity contribution in [3.05, 3.63) is 34.6 Å². The Kier molecular flexibility index (Phi) is 4.90. The van der Waals surface area contributed by atoms with E-state index in [1.54, 1.807) is 15.5 Å². The van der Waals surface area contributed by atoms with Crippen LogP contribution in [0.2, 0.25) is 0 Å². The fraction of sp³-hybridized carbons (Fsp3) is 0.474. The molecule has 8 heteroatoms. The van der Waals surface area contributed by atoms with Gasteiger partial charge in [-0.3, -0.25) is 19.0 Å². The minimum atomic E-state index is -0.287. The van der Waals surface area contributed by atoms with Gasteiger partial charge in [-0.25, -0.2) is 4.98 Å². The molecule has 0 unspecified atom stereocenters. The maximum absolute atomic E-state index is 12.8. The number of likely N-dealkylation sites (tertiary alicyclic amines) is 1. The van der Waals surface area contributed by atoms with Crippen LogP contribution < -0.4 is 11.3 Å². The van der Waals surface area contributed by atoms with Gasteiger partial charge in [0.05, 0.1) is 16.7 Å². The number of carbonyl (C=O) groups is 2. The number of nitrogens with zero attached hydrogens (tertiary/aromatic N) is 3. The molecular weight excluding hydrogens is 364 g/mol. The second kappa shape index (κ2) is 7.34. The lowest BCUT2D eigenvalue weighted by atomic mass is 9.96. The molecule has 1 aliphatic heterocycles. The molecule has 1 saturated carbocycles. The highest BCUT2D eigenvalue weighted by atomic mass is 32.2. The molecule has 0 bridgehead atoms. The number of amides is 2. The summed E-state index contributed by atoms with van der Waals surface area (Å²) in [5.74, 6) is -0.180. The monoisotopic (exact) mass is 386 g/mol. The Morgan fingerprint density at radius 3 is 2.52 bits per heavy atom. The first kappa shape index (κ1) is 18.0. The van der Waals surface area contributed by atoms with Crippen LogP contribution >= 0.6 is 11.8 Å². The zero-order valence-electron chi connectivity index (χ0n) is 15.0. The van der Waals surface area contributed by atoms with Crippen molar-refractivity contribution in [2.75, 3.05) is 18.8 Å². The second-order valence-corrected chi connectivity index (χ2v) is 8.11. The van der Waals surface area contributed by atoms with E-state index in [-0.39, 0.29) is 35.1 Å². The minimum Gasteiger partial charge on any atom is -0.369 e. The number of hydrogen-bond donors (Lipinski definition) is 1. The zero-order valence-corrected chi connectivity index (χ0v) is 15.8. The van der Waals surface area contributed by atoms with Gasteiger partial charge < -0.3 is 10.6 Å². The highest BCUT2D eigenvalue weighted by Gasteiger charge is 2.30. The summed E-state index contributed by atoms with van der Waals surface area (Å²) in [6.07, 6.45) is 3.18. The summed E-state index contributed by atoms with van der Waals surface area (Å²) in [6, 6.07) is 7.52. The number of carbonyl (C=O) groups excluding carboxylic acids is 2. The van der Waals surface area contributed by atoms with Gasteiger partial charge in [-0.15, -0.1) is 0 Å². The molecule has 2 amide bonds. The van der Waals surface area contributed by atoms with Crippen molar-refractivity contribution in [2.24, 2.45) is 11.7 Å². The standard InChI is InChI=1S/C19H22N4O3S/c20-17(25)12-7-9-22(10-8-12)16(24)11-27-19-21-15-4-2-1-3-14(15)18(26)23(19)13-5-6-13/h1-4,12-13H,5-11H2,(H2,20,25). The number of nitrogens with two attached hydrogens (primary N) is 1. The lowest BCUT2D eigenvalue weighted by Crippen LogP contribution is -2.42. The Labute approximate surface area is 160 Å². The average molecular weight is 386 g/mol. The molecule has 2 N–H and O–H groups in total. The van der Waals surface area contributed by atoms with Crippen LogP contribution in [0, 0.1) is 5.92 Å². The largest absolute Gasteiger partial charge is 0.369 e. The first-order valence-corrected chi connectivity index (χ1v) is 10.2. The van der Waals surface area contributed by atoms with Crippen LogP contribution in [0.1, 0.15) is 31.7 Å². The SMILES string of the molecule is NC(=O)C1CCN(C(=O)CSc2nc3ccccc3c(=O)n2C2CC2)CC1. The van der Waals surface area contributed by atoms with E-state index in [4.69, 9.17) is 5.73 Å². The summed E-state index contributed by atoms with van der Waals surface area (Å²) in [7, 11) is 0. The van der Waals surface area contributed by atoms with Crippen molar-refractivity contribution >= 4 is 34.5 Å². The first-order chi connectivity index (χ1) is 13.0. The molecule has 1 aromatic heterocycles. The van der Waals surface area contributed by atoms with Gasteiger partial charge in [0.15, 0.2) is 5.16 Å². The zero-order chi connectivity index (χ0) is 19.0. The van der Waals surface area contributed by atoms with E-state index in [0.717, 1.165) is 12.8 Å². The minimum absolute atomic E-state index is 0.00711. The molecule has 142 valence electrons. The summed E-state index contributed by atoms with van der Waals surface area (Å²) in [5.41, 5.74) is 5.98. The van der Waals surface area contributed by atoms with Crippen LogP contribution in [0.5, 0.6) is 0 Å². The van der Waals surface area contributed by atoms with Crippen LogP contribution in [-0.2, 0) is 9.59 Å². The molecule has 1 aliphatic carbocycles. The molecule has 2 heterocycles. The number of thioether (sulfide) groups is 1. The Morgan fingerprint density at radius 2 is 1.85 bits per heavy atom. The molecule has 1 saturated heterocycles.